The molecule has 0 aromatic heterocycles. The molecule has 1 aliphatic rings. The zero-order chi connectivity index (χ0) is 7.40. The van der Waals surface area contributed by atoms with E-state index in [-0.39, 0.29) is 0 Å². The Hall–Kier alpha value is -0.590. The van der Waals surface area contributed by atoms with Gasteiger partial charge in [0.05, 0.1) is 0 Å². The van der Waals surface area contributed by atoms with Crippen LogP contribution in [0.4, 0.5) is 0 Å². The van der Waals surface area contributed by atoms with Gasteiger partial charge in [0.2, 0.25) is 0 Å². The fraction of sp³-hybridized carbons (Fsp3) is 0.667. The van der Waals surface area contributed by atoms with E-state index in [0.29, 0.717) is 0 Å². The second-order valence-corrected chi connectivity index (χ2v) is 2.82. The summed E-state index contributed by atoms with van der Waals surface area (Å²) in [5.74, 6) is 0. The van der Waals surface area contributed by atoms with Gasteiger partial charge in [0.1, 0.15) is 0 Å². The van der Waals surface area contributed by atoms with Crippen LogP contribution in [0.5, 0.6) is 0 Å². The summed E-state index contributed by atoms with van der Waals surface area (Å²) >= 11 is 0. The van der Waals surface area contributed by atoms with Crippen LogP contribution in [0.3, 0.4) is 0 Å². The average Bonchev–Trinajstić information content (AvgIpc) is 1.94. The van der Waals surface area contributed by atoms with Gasteiger partial charge in [0.25, 0.3) is 0 Å². The first-order valence-electron chi connectivity index (χ1n) is 4.11. The standard InChI is InChI=1S/C9H15N/c1-2-5-8-6-3-4-7-9(8)10/h5,10H,2-4,6-7H2,1H3. The first kappa shape index (κ1) is 7.52. The van der Waals surface area contributed by atoms with Gasteiger partial charge in [-0.2, -0.15) is 0 Å². The molecule has 0 aliphatic heterocycles. The highest BCUT2D eigenvalue weighted by molar-refractivity contribution is 5.98. The van der Waals surface area contributed by atoms with Crippen LogP contribution in [-0.2, 0) is 0 Å². The number of nitrogens with one attached hydrogen (secondary N) is 1. The Kier molecular flexibility index (Phi) is 2.67. The molecule has 0 unspecified atom stereocenters. The van der Waals surface area contributed by atoms with Crippen molar-refractivity contribution in [3.63, 3.8) is 0 Å². The average molecular weight is 137 g/mol. The molecular weight excluding hydrogens is 122 g/mol. The van der Waals surface area contributed by atoms with Gasteiger partial charge in [-0.3, -0.25) is 0 Å². The smallest absolute Gasteiger partial charge is 0.0342 e. The molecule has 1 fully saturated rings. The van der Waals surface area contributed by atoms with E-state index in [2.05, 4.69) is 13.0 Å². The highest BCUT2D eigenvalue weighted by Crippen LogP contribution is 2.19. The molecule has 1 heteroatoms. The van der Waals surface area contributed by atoms with Crippen molar-refractivity contribution in [2.45, 2.75) is 39.0 Å². The highest BCUT2D eigenvalue weighted by Gasteiger charge is 2.09. The second kappa shape index (κ2) is 3.55. The van der Waals surface area contributed by atoms with Gasteiger partial charge in [-0.15, -0.1) is 0 Å². The van der Waals surface area contributed by atoms with Gasteiger partial charge >= 0.3 is 0 Å². The summed E-state index contributed by atoms with van der Waals surface area (Å²) < 4.78 is 0. The number of allylic oxidation sites excluding steroid dienone is 2. The fourth-order valence-corrected chi connectivity index (χ4v) is 1.40. The molecule has 0 aromatic rings. The SMILES string of the molecule is CCC=C1CCCCC1=N. The molecule has 0 spiro atoms. The van der Waals surface area contributed by atoms with Gasteiger partial charge < -0.3 is 5.41 Å². The summed E-state index contributed by atoms with van der Waals surface area (Å²) in [7, 11) is 0. The molecule has 1 aliphatic carbocycles. The topological polar surface area (TPSA) is 23.9 Å². The first-order chi connectivity index (χ1) is 4.84. The molecule has 1 nitrogen and oxygen atoms in total. The van der Waals surface area contributed by atoms with Crippen molar-refractivity contribution in [3.05, 3.63) is 11.6 Å². The first-order valence-corrected chi connectivity index (χ1v) is 4.11. The lowest BCUT2D eigenvalue weighted by Crippen LogP contribution is -2.07. The van der Waals surface area contributed by atoms with Crippen molar-refractivity contribution in [1.29, 1.82) is 5.41 Å². The maximum absolute atomic E-state index is 7.58. The van der Waals surface area contributed by atoms with Crippen molar-refractivity contribution in [2.24, 2.45) is 0 Å². The monoisotopic (exact) mass is 137 g/mol. The summed E-state index contributed by atoms with van der Waals surface area (Å²) in [5, 5.41) is 7.58. The zero-order valence-corrected chi connectivity index (χ0v) is 6.61. The second-order valence-electron chi connectivity index (χ2n) is 2.82. The molecule has 56 valence electrons. The quantitative estimate of drug-likeness (QED) is 0.574. The molecule has 1 N–H and O–H groups in total. The van der Waals surface area contributed by atoms with Crippen molar-refractivity contribution in [1.82, 2.24) is 0 Å². The van der Waals surface area contributed by atoms with Crippen molar-refractivity contribution >= 4 is 5.71 Å². The summed E-state index contributed by atoms with van der Waals surface area (Å²) in [6, 6.07) is 0. The summed E-state index contributed by atoms with van der Waals surface area (Å²) in [6.07, 6.45) is 7.94. The Labute approximate surface area is 62.6 Å². The van der Waals surface area contributed by atoms with Gasteiger partial charge in [-0.05, 0) is 37.7 Å². The van der Waals surface area contributed by atoms with E-state index in [1.165, 1.54) is 18.4 Å². The minimum Gasteiger partial charge on any atom is -0.305 e. The summed E-state index contributed by atoms with van der Waals surface area (Å²) in [4.78, 5) is 0. The predicted octanol–water partition coefficient (Wildman–Crippen LogP) is 2.92. The van der Waals surface area contributed by atoms with E-state index >= 15 is 0 Å². The Balaban J connectivity index is 2.56. The van der Waals surface area contributed by atoms with Crippen LogP contribution in [0.15, 0.2) is 11.6 Å². The van der Waals surface area contributed by atoms with Crippen molar-refractivity contribution in [3.8, 4) is 0 Å². The molecule has 0 radical (unpaired) electrons. The largest absolute Gasteiger partial charge is 0.305 e. The maximum atomic E-state index is 7.58. The predicted molar refractivity (Wildman–Crippen MR) is 44.6 cm³/mol. The lowest BCUT2D eigenvalue weighted by atomic mass is 9.92. The Morgan fingerprint density at radius 2 is 2.10 bits per heavy atom. The highest BCUT2D eigenvalue weighted by atomic mass is 14.4. The molecule has 0 aromatic carbocycles. The Morgan fingerprint density at radius 3 is 2.70 bits per heavy atom. The molecule has 0 atom stereocenters. The fourth-order valence-electron chi connectivity index (χ4n) is 1.40. The molecule has 10 heavy (non-hydrogen) atoms. The van der Waals surface area contributed by atoms with Crippen LogP contribution in [0.25, 0.3) is 0 Å². The minimum atomic E-state index is 0.883. The van der Waals surface area contributed by atoms with Gasteiger partial charge in [0.15, 0.2) is 0 Å². The molecule has 0 saturated heterocycles. The lowest BCUT2D eigenvalue weighted by Gasteiger charge is -2.14. The van der Waals surface area contributed by atoms with Gasteiger partial charge in [-0.25, -0.2) is 0 Å². The van der Waals surface area contributed by atoms with Gasteiger partial charge in [-0.1, -0.05) is 13.0 Å². The number of hydrogen-bond acceptors (Lipinski definition) is 1. The van der Waals surface area contributed by atoms with E-state index in [0.717, 1.165) is 25.0 Å². The molecule has 0 heterocycles. The Bertz CT molecular complexity index is 156. The van der Waals surface area contributed by atoms with Crippen LogP contribution in [0.1, 0.15) is 39.0 Å². The molecule has 1 saturated carbocycles. The molecule has 1 rings (SSSR count). The Morgan fingerprint density at radius 1 is 1.40 bits per heavy atom. The molecular formula is C9H15N. The van der Waals surface area contributed by atoms with Crippen LogP contribution in [-0.4, -0.2) is 5.71 Å². The number of rotatable bonds is 1. The van der Waals surface area contributed by atoms with E-state index in [1.807, 2.05) is 0 Å². The van der Waals surface area contributed by atoms with Gasteiger partial charge in [0, 0.05) is 5.71 Å². The van der Waals surface area contributed by atoms with E-state index in [9.17, 15) is 0 Å². The third-order valence-electron chi connectivity index (χ3n) is 1.96. The molecule has 0 bridgehead atoms. The van der Waals surface area contributed by atoms with Crippen molar-refractivity contribution in [2.75, 3.05) is 0 Å². The molecule has 0 amide bonds. The normalized spacial score (nSPS) is 23.7. The van der Waals surface area contributed by atoms with E-state index in [1.54, 1.807) is 0 Å². The van der Waals surface area contributed by atoms with Crippen LogP contribution in [0.2, 0.25) is 0 Å². The number of hydrogen-bond donors (Lipinski definition) is 1. The van der Waals surface area contributed by atoms with Crippen LogP contribution >= 0.6 is 0 Å². The minimum absolute atomic E-state index is 0.883. The van der Waals surface area contributed by atoms with Crippen molar-refractivity contribution < 1.29 is 0 Å². The lowest BCUT2D eigenvalue weighted by molar-refractivity contribution is 0.728. The summed E-state index contributed by atoms with van der Waals surface area (Å²) in [6.45, 7) is 2.13. The zero-order valence-electron chi connectivity index (χ0n) is 6.61. The third-order valence-corrected chi connectivity index (χ3v) is 1.96. The summed E-state index contributed by atoms with van der Waals surface area (Å²) in [5.41, 5.74) is 2.18. The third kappa shape index (κ3) is 1.69. The van der Waals surface area contributed by atoms with Crippen LogP contribution < -0.4 is 0 Å². The van der Waals surface area contributed by atoms with E-state index in [4.69, 9.17) is 5.41 Å². The maximum Gasteiger partial charge on any atom is 0.0342 e. The van der Waals surface area contributed by atoms with E-state index < -0.39 is 0 Å². The van der Waals surface area contributed by atoms with Crippen LogP contribution in [0, 0.1) is 5.41 Å².